The molecule has 0 radical (unpaired) electrons. The molecule has 1 N–H and O–H groups in total. The molecule has 0 amide bonds. The zero-order chi connectivity index (χ0) is 19.8. The number of benzene rings is 1. The lowest BCUT2D eigenvalue weighted by molar-refractivity contribution is -0.274. The van der Waals surface area contributed by atoms with E-state index in [2.05, 4.69) is 19.8 Å². The number of ether oxygens (including phenoxy) is 1. The molecule has 2 heterocycles. The van der Waals surface area contributed by atoms with E-state index in [1.807, 2.05) is 0 Å². The summed E-state index contributed by atoms with van der Waals surface area (Å²) in [6.45, 7) is 3.27. The van der Waals surface area contributed by atoms with Crippen molar-refractivity contribution in [2.45, 2.75) is 26.3 Å². The summed E-state index contributed by atoms with van der Waals surface area (Å²) in [4.78, 5) is 18.3. The second-order valence-corrected chi connectivity index (χ2v) is 5.83. The van der Waals surface area contributed by atoms with Crippen molar-refractivity contribution in [3.8, 4) is 17.0 Å². The quantitative estimate of drug-likeness (QED) is 0.700. The van der Waals surface area contributed by atoms with E-state index in [4.69, 9.17) is 0 Å². The van der Waals surface area contributed by atoms with Crippen LogP contribution < -0.4 is 10.3 Å². The van der Waals surface area contributed by atoms with E-state index in [9.17, 15) is 22.4 Å². The minimum atomic E-state index is -4.89. The number of nitrogens with zero attached hydrogens (tertiary/aromatic N) is 3. The minimum Gasteiger partial charge on any atom is -0.406 e. The van der Waals surface area contributed by atoms with Crippen LogP contribution in [0.3, 0.4) is 0 Å². The molecular weight excluding hydrogens is 368 g/mol. The minimum absolute atomic E-state index is 0.134. The Kier molecular flexibility index (Phi) is 4.73. The van der Waals surface area contributed by atoms with Crippen molar-refractivity contribution >= 4 is 0 Å². The maximum Gasteiger partial charge on any atom is 0.573 e. The Morgan fingerprint density at radius 3 is 2.63 bits per heavy atom. The Hall–Kier alpha value is -3.17. The van der Waals surface area contributed by atoms with Crippen molar-refractivity contribution in [3.63, 3.8) is 0 Å². The number of aromatic amines is 1. The van der Waals surface area contributed by atoms with Crippen molar-refractivity contribution in [1.82, 2.24) is 19.7 Å². The van der Waals surface area contributed by atoms with Crippen LogP contribution in [-0.2, 0) is 0 Å². The van der Waals surface area contributed by atoms with Crippen LogP contribution in [0.5, 0.6) is 5.75 Å². The fourth-order valence-electron chi connectivity index (χ4n) is 2.60. The number of hydrogen-bond acceptors (Lipinski definition) is 4. The van der Waals surface area contributed by atoms with Gasteiger partial charge in [-0.25, -0.2) is 9.37 Å². The average Bonchev–Trinajstić information content (AvgIpc) is 3.02. The molecule has 0 fully saturated rings. The van der Waals surface area contributed by atoms with Crippen LogP contribution in [0, 0.1) is 12.7 Å². The van der Waals surface area contributed by atoms with E-state index in [-0.39, 0.29) is 11.1 Å². The Morgan fingerprint density at radius 1 is 1.26 bits per heavy atom. The highest BCUT2D eigenvalue weighted by Crippen LogP contribution is 2.28. The molecule has 1 aromatic carbocycles. The van der Waals surface area contributed by atoms with Gasteiger partial charge in [-0.2, -0.15) is 5.10 Å². The average molecular weight is 382 g/mol. The molecule has 1 atom stereocenters. The summed E-state index contributed by atoms with van der Waals surface area (Å²) in [5.74, 6) is -1.06. The zero-order valence-electron chi connectivity index (χ0n) is 14.2. The van der Waals surface area contributed by atoms with E-state index in [1.54, 1.807) is 20.0 Å². The van der Waals surface area contributed by atoms with Crippen LogP contribution in [0.4, 0.5) is 17.6 Å². The lowest BCUT2D eigenvalue weighted by Gasteiger charge is -2.15. The van der Waals surface area contributed by atoms with Gasteiger partial charge in [0.15, 0.2) is 0 Å². The van der Waals surface area contributed by atoms with Gasteiger partial charge >= 0.3 is 6.36 Å². The van der Waals surface area contributed by atoms with E-state index < -0.39 is 24.0 Å². The second kappa shape index (κ2) is 6.86. The maximum absolute atomic E-state index is 14.3. The predicted octanol–water partition coefficient (Wildman–Crippen LogP) is 3.59. The highest BCUT2D eigenvalue weighted by Gasteiger charge is 2.31. The van der Waals surface area contributed by atoms with E-state index in [0.717, 1.165) is 6.07 Å². The molecule has 3 rings (SSSR count). The molecule has 0 spiro atoms. The third-order valence-corrected chi connectivity index (χ3v) is 3.81. The molecular formula is C17H14F4N4O2. The number of aromatic nitrogens is 4. The molecule has 27 heavy (non-hydrogen) atoms. The first-order valence-corrected chi connectivity index (χ1v) is 7.80. The van der Waals surface area contributed by atoms with Gasteiger partial charge in [-0.1, -0.05) is 6.07 Å². The fourth-order valence-corrected chi connectivity index (χ4v) is 2.60. The van der Waals surface area contributed by atoms with Crippen LogP contribution >= 0.6 is 0 Å². The second-order valence-electron chi connectivity index (χ2n) is 5.83. The molecule has 142 valence electrons. The summed E-state index contributed by atoms with van der Waals surface area (Å²) < 4.78 is 56.1. The van der Waals surface area contributed by atoms with E-state index in [0.29, 0.717) is 23.1 Å². The van der Waals surface area contributed by atoms with Gasteiger partial charge in [0.05, 0.1) is 17.9 Å². The monoisotopic (exact) mass is 382 g/mol. The van der Waals surface area contributed by atoms with Gasteiger partial charge in [0.25, 0.3) is 5.56 Å². The summed E-state index contributed by atoms with van der Waals surface area (Å²) in [6.07, 6.45) is -1.85. The van der Waals surface area contributed by atoms with Gasteiger partial charge in [0, 0.05) is 29.5 Å². The third-order valence-electron chi connectivity index (χ3n) is 3.81. The van der Waals surface area contributed by atoms with Crippen molar-refractivity contribution < 1.29 is 22.3 Å². The first-order valence-electron chi connectivity index (χ1n) is 7.80. The highest BCUT2D eigenvalue weighted by atomic mass is 19.4. The number of nitrogens with one attached hydrogen (secondary N) is 1. The summed E-state index contributed by atoms with van der Waals surface area (Å²) in [7, 11) is 0. The van der Waals surface area contributed by atoms with E-state index >= 15 is 0 Å². The smallest absolute Gasteiger partial charge is 0.406 e. The molecule has 0 aliphatic heterocycles. The maximum atomic E-state index is 14.3. The van der Waals surface area contributed by atoms with Gasteiger partial charge in [-0.3, -0.25) is 9.48 Å². The molecule has 0 saturated carbocycles. The zero-order valence-corrected chi connectivity index (χ0v) is 14.2. The van der Waals surface area contributed by atoms with Gasteiger partial charge in [-0.15, -0.1) is 13.2 Å². The normalized spacial score (nSPS) is 12.8. The van der Waals surface area contributed by atoms with Gasteiger partial charge in [0.1, 0.15) is 17.4 Å². The Bertz CT molecular complexity index is 1030. The molecule has 6 nitrogen and oxygen atoms in total. The largest absolute Gasteiger partial charge is 0.573 e. The summed E-state index contributed by atoms with van der Waals surface area (Å²) in [5.41, 5.74) is 0.774. The number of rotatable bonds is 4. The predicted molar refractivity (Wildman–Crippen MR) is 87.7 cm³/mol. The molecule has 0 unspecified atom stereocenters. The third kappa shape index (κ3) is 4.33. The van der Waals surface area contributed by atoms with E-state index in [1.165, 1.54) is 23.0 Å². The van der Waals surface area contributed by atoms with Crippen molar-refractivity contribution in [1.29, 1.82) is 0 Å². The summed E-state index contributed by atoms with van der Waals surface area (Å²) in [5, 5.41) is 4.14. The van der Waals surface area contributed by atoms with Crippen molar-refractivity contribution in [2.24, 2.45) is 0 Å². The number of halogens is 4. The SMILES string of the molecule is Cc1nc(-c2cnn([C@@H](C)c3ccc(OC(F)(F)F)cc3F)c2)cc(=O)[nH]1. The number of alkyl halides is 3. The number of aryl methyl sites for hydroxylation is 1. The molecule has 2 aromatic heterocycles. The first-order chi connectivity index (χ1) is 12.6. The van der Waals surface area contributed by atoms with Gasteiger partial charge in [-0.05, 0) is 19.9 Å². The molecule has 10 heteroatoms. The lowest BCUT2D eigenvalue weighted by Crippen LogP contribution is -2.17. The van der Waals surface area contributed by atoms with Crippen LogP contribution in [0.15, 0.2) is 41.5 Å². The Labute approximate surface area is 150 Å². The number of H-pyrrole nitrogens is 1. The molecule has 0 aliphatic carbocycles. The molecule has 0 aliphatic rings. The van der Waals surface area contributed by atoms with Crippen molar-refractivity contribution in [2.75, 3.05) is 0 Å². The molecule has 3 aromatic rings. The fraction of sp³-hybridized carbons (Fsp3) is 0.235. The Balaban J connectivity index is 1.87. The van der Waals surface area contributed by atoms with Crippen LogP contribution in [-0.4, -0.2) is 26.1 Å². The standard InChI is InChI=1S/C17H14F4N4O2/c1-9(13-4-3-12(5-14(13)18)27-17(19,20)21)25-8-11(7-22-25)15-6-16(26)24-10(2)23-15/h3-9H,1-2H3,(H,23,24,26)/t9-/m0/s1. The van der Waals surface area contributed by atoms with Crippen LogP contribution in [0.1, 0.15) is 24.4 Å². The van der Waals surface area contributed by atoms with Crippen LogP contribution in [0.2, 0.25) is 0 Å². The highest BCUT2D eigenvalue weighted by molar-refractivity contribution is 5.56. The van der Waals surface area contributed by atoms with Crippen molar-refractivity contribution in [3.05, 3.63) is 64.2 Å². The van der Waals surface area contributed by atoms with Gasteiger partial charge < -0.3 is 9.72 Å². The first kappa shape index (κ1) is 18.6. The number of hydrogen-bond donors (Lipinski definition) is 1. The molecule has 0 bridgehead atoms. The Morgan fingerprint density at radius 2 is 2.00 bits per heavy atom. The summed E-state index contributed by atoms with van der Waals surface area (Å²) in [6, 6.07) is 3.61. The topological polar surface area (TPSA) is 72.8 Å². The summed E-state index contributed by atoms with van der Waals surface area (Å²) >= 11 is 0. The lowest BCUT2D eigenvalue weighted by atomic mass is 10.1. The van der Waals surface area contributed by atoms with Crippen LogP contribution in [0.25, 0.3) is 11.3 Å². The van der Waals surface area contributed by atoms with Gasteiger partial charge in [0.2, 0.25) is 0 Å². The molecule has 0 saturated heterocycles.